The first-order valence-electron chi connectivity index (χ1n) is 7.01. The van der Waals surface area contributed by atoms with Crippen molar-refractivity contribution in [3.63, 3.8) is 0 Å². The third-order valence-electron chi connectivity index (χ3n) is 3.49. The molecule has 3 aromatic rings. The molecule has 0 spiro atoms. The molecule has 0 fully saturated rings. The maximum atomic E-state index is 11.5. The smallest absolute Gasteiger partial charge is 0.318 e. The predicted molar refractivity (Wildman–Crippen MR) is 85.8 cm³/mol. The van der Waals surface area contributed by atoms with Gasteiger partial charge in [-0.2, -0.15) is 0 Å². The first-order chi connectivity index (χ1) is 10.7. The largest absolute Gasteiger partial charge is 0.468 e. The van der Waals surface area contributed by atoms with Crippen LogP contribution in [0.4, 0.5) is 0 Å². The molecule has 0 saturated carbocycles. The van der Waals surface area contributed by atoms with Gasteiger partial charge in [0.05, 0.1) is 12.6 Å². The average Bonchev–Trinajstić information content (AvgIpc) is 2.86. The van der Waals surface area contributed by atoms with Gasteiger partial charge in [-0.1, -0.05) is 30.0 Å². The standard InChI is InChI=1S/C15H16N4O2S/c1-4-19-11-8-6-5-7-10(11)12-13(19)16-15(18-17-12)22-9(2)14(20)21-3/h5-9H,4H2,1-3H3. The van der Waals surface area contributed by atoms with Crippen LogP contribution in [-0.4, -0.2) is 38.1 Å². The van der Waals surface area contributed by atoms with Crippen molar-refractivity contribution in [1.82, 2.24) is 19.7 Å². The first-order valence-corrected chi connectivity index (χ1v) is 7.89. The quantitative estimate of drug-likeness (QED) is 0.544. The monoisotopic (exact) mass is 316 g/mol. The first kappa shape index (κ1) is 14.8. The molecule has 1 aromatic carbocycles. The second kappa shape index (κ2) is 5.92. The van der Waals surface area contributed by atoms with E-state index in [-0.39, 0.29) is 11.2 Å². The summed E-state index contributed by atoms with van der Waals surface area (Å²) in [5.74, 6) is -0.301. The molecule has 0 saturated heterocycles. The number of para-hydroxylation sites is 1. The minimum Gasteiger partial charge on any atom is -0.468 e. The highest BCUT2D eigenvalue weighted by Gasteiger charge is 2.19. The van der Waals surface area contributed by atoms with Crippen LogP contribution >= 0.6 is 11.8 Å². The third-order valence-corrected chi connectivity index (χ3v) is 4.42. The van der Waals surface area contributed by atoms with Crippen molar-refractivity contribution < 1.29 is 9.53 Å². The van der Waals surface area contributed by atoms with E-state index in [0.29, 0.717) is 5.16 Å². The summed E-state index contributed by atoms with van der Waals surface area (Å²) in [6.45, 7) is 4.62. The molecule has 0 aliphatic carbocycles. The highest BCUT2D eigenvalue weighted by atomic mass is 32.2. The Kier molecular flexibility index (Phi) is 3.98. The Morgan fingerprint density at radius 3 is 2.86 bits per heavy atom. The number of nitrogens with zero attached hydrogens (tertiary/aromatic N) is 4. The average molecular weight is 316 g/mol. The van der Waals surface area contributed by atoms with Crippen LogP contribution in [0.3, 0.4) is 0 Å². The van der Waals surface area contributed by atoms with E-state index in [9.17, 15) is 4.79 Å². The van der Waals surface area contributed by atoms with Crippen molar-refractivity contribution in [1.29, 1.82) is 0 Å². The zero-order valence-corrected chi connectivity index (χ0v) is 13.4. The van der Waals surface area contributed by atoms with Gasteiger partial charge in [0.25, 0.3) is 0 Å². The van der Waals surface area contributed by atoms with Crippen molar-refractivity contribution in [2.75, 3.05) is 7.11 Å². The van der Waals surface area contributed by atoms with Crippen LogP contribution in [0, 0.1) is 0 Å². The molecule has 2 aromatic heterocycles. The fourth-order valence-electron chi connectivity index (χ4n) is 2.43. The fraction of sp³-hybridized carbons (Fsp3) is 0.333. The van der Waals surface area contributed by atoms with Crippen LogP contribution in [0.5, 0.6) is 0 Å². The molecule has 22 heavy (non-hydrogen) atoms. The number of methoxy groups -OCH3 is 1. The summed E-state index contributed by atoms with van der Waals surface area (Å²) >= 11 is 1.25. The number of rotatable bonds is 4. The molecular weight excluding hydrogens is 300 g/mol. The Bertz CT molecular complexity index is 846. The molecule has 2 heterocycles. The molecule has 7 heteroatoms. The summed E-state index contributed by atoms with van der Waals surface area (Å²) in [5.41, 5.74) is 2.66. The van der Waals surface area contributed by atoms with Gasteiger partial charge >= 0.3 is 5.97 Å². The highest BCUT2D eigenvalue weighted by molar-refractivity contribution is 8.00. The highest BCUT2D eigenvalue weighted by Crippen LogP contribution is 2.28. The summed E-state index contributed by atoms with van der Waals surface area (Å²) in [5, 5.41) is 9.59. The topological polar surface area (TPSA) is 69.9 Å². The second-order valence-corrected chi connectivity index (χ2v) is 6.12. The molecule has 0 bridgehead atoms. The van der Waals surface area contributed by atoms with E-state index in [0.717, 1.165) is 28.6 Å². The van der Waals surface area contributed by atoms with E-state index < -0.39 is 0 Å². The normalized spacial score (nSPS) is 12.7. The van der Waals surface area contributed by atoms with Gasteiger partial charge in [0, 0.05) is 11.9 Å². The van der Waals surface area contributed by atoms with Gasteiger partial charge in [0.2, 0.25) is 5.16 Å². The molecule has 0 radical (unpaired) electrons. The number of aryl methyl sites for hydroxylation is 1. The molecule has 1 unspecified atom stereocenters. The van der Waals surface area contributed by atoms with Crippen LogP contribution in [-0.2, 0) is 16.1 Å². The molecule has 0 aliphatic rings. The number of thioether (sulfide) groups is 1. The van der Waals surface area contributed by atoms with Gasteiger partial charge in [-0.15, -0.1) is 10.2 Å². The number of fused-ring (bicyclic) bond motifs is 3. The Balaban J connectivity index is 2.09. The van der Waals surface area contributed by atoms with E-state index in [4.69, 9.17) is 4.74 Å². The summed E-state index contributed by atoms with van der Waals surface area (Å²) in [7, 11) is 1.37. The SMILES string of the molecule is CCn1c2ccccc2c2nnc(SC(C)C(=O)OC)nc21. The van der Waals surface area contributed by atoms with E-state index in [1.807, 2.05) is 24.3 Å². The number of hydrogen-bond donors (Lipinski definition) is 0. The van der Waals surface area contributed by atoms with Crippen molar-refractivity contribution in [2.45, 2.75) is 30.8 Å². The summed E-state index contributed by atoms with van der Waals surface area (Å²) in [6, 6.07) is 8.04. The number of carbonyl (C=O) groups excluding carboxylic acids is 1. The summed E-state index contributed by atoms with van der Waals surface area (Å²) in [4.78, 5) is 16.1. The number of esters is 1. The molecular formula is C15H16N4O2S. The summed E-state index contributed by atoms with van der Waals surface area (Å²) < 4.78 is 6.83. The number of ether oxygens (including phenoxy) is 1. The zero-order chi connectivity index (χ0) is 15.7. The number of carbonyl (C=O) groups is 1. The number of benzene rings is 1. The van der Waals surface area contributed by atoms with E-state index in [2.05, 4.69) is 26.7 Å². The van der Waals surface area contributed by atoms with Crippen LogP contribution in [0.15, 0.2) is 29.4 Å². The van der Waals surface area contributed by atoms with E-state index >= 15 is 0 Å². The number of aromatic nitrogens is 4. The Morgan fingerprint density at radius 1 is 1.36 bits per heavy atom. The van der Waals surface area contributed by atoms with Gasteiger partial charge in [-0.05, 0) is 19.9 Å². The van der Waals surface area contributed by atoms with Gasteiger partial charge in [0.1, 0.15) is 10.8 Å². The molecule has 6 nitrogen and oxygen atoms in total. The van der Waals surface area contributed by atoms with Crippen molar-refractivity contribution in [2.24, 2.45) is 0 Å². The lowest BCUT2D eigenvalue weighted by molar-refractivity contribution is -0.139. The van der Waals surface area contributed by atoms with Gasteiger partial charge < -0.3 is 9.30 Å². The van der Waals surface area contributed by atoms with Crippen LogP contribution in [0.25, 0.3) is 22.1 Å². The van der Waals surface area contributed by atoms with Gasteiger partial charge in [0.15, 0.2) is 5.65 Å². The minimum atomic E-state index is -0.372. The van der Waals surface area contributed by atoms with Crippen LogP contribution < -0.4 is 0 Å². The maximum absolute atomic E-state index is 11.5. The molecule has 114 valence electrons. The predicted octanol–water partition coefficient (Wildman–Crippen LogP) is 2.65. The minimum absolute atomic E-state index is 0.301. The zero-order valence-electron chi connectivity index (χ0n) is 12.6. The summed E-state index contributed by atoms with van der Waals surface area (Å²) in [6.07, 6.45) is 0. The maximum Gasteiger partial charge on any atom is 0.318 e. The third kappa shape index (κ3) is 2.41. The molecule has 1 atom stereocenters. The van der Waals surface area contributed by atoms with Crippen molar-refractivity contribution >= 4 is 39.8 Å². The fourth-order valence-corrected chi connectivity index (χ4v) is 3.17. The molecule has 0 aliphatic heterocycles. The van der Waals surface area contributed by atoms with Gasteiger partial charge in [-0.25, -0.2) is 4.98 Å². The Morgan fingerprint density at radius 2 is 2.14 bits per heavy atom. The number of hydrogen-bond acceptors (Lipinski definition) is 6. The van der Waals surface area contributed by atoms with Crippen molar-refractivity contribution in [3.8, 4) is 0 Å². The Labute approximate surface area is 131 Å². The second-order valence-electron chi connectivity index (χ2n) is 4.81. The lowest BCUT2D eigenvalue weighted by atomic mass is 10.2. The van der Waals surface area contributed by atoms with Crippen molar-refractivity contribution in [3.05, 3.63) is 24.3 Å². The molecule has 0 amide bonds. The Hall–Kier alpha value is -2.15. The van der Waals surface area contributed by atoms with E-state index in [1.165, 1.54) is 18.9 Å². The van der Waals surface area contributed by atoms with E-state index in [1.54, 1.807) is 6.92 Å². The lowest BCUT2D eigenvalue weighted by Gasteiger charge is -2.07. The van der Waals surface area contributed by atoms with Gasteiger partial charge in [-0.3, -0.25) is 4.79 Å². The van der Waals surface area contributed by atoms with Crippen LogP contribution in [0.1, 0.15) is 13.8 Å². The molecule has 0 N–H and O–H groups in total. The lowest BCUT2D eigenvalue weighted by Crippen LogP contribution is -2.15. The molecule has 3 rings (SSSR count). The van der Waals surface area contributed by atoms with Crippen LogP contribution in [0.2, 0.25) is 0 Å².